The van der Waals surface area contributed by atoms with E-state index in [1.165, 1.54) is 0 Å². The molecule has 1 aromatic heterocycles. The molecule has 8 nitrogen and oxygen atoms in total. The maximum atomic E-state index is 13.3. The van der Waals surface area contributed by atoms with E-state index in [0.717, 1.165) is 62.3 Å². The average Bonchev–Trinajstić information content (AvgIpc) is 3.34. The van der Waals surface area contributed by atoms with Crippen molar-refractivity contribution in [1.29, 1.82) is 0 Å². The van der Waals surface area contributed by atoms with E-state index in [0.29, 0.717) is 50.2 Å². The summed E-state index contributed by atoms with van der Waals surface area (Å²) < 4.78 is 8.33. The number of aryl methyl sites for hydroxylation is 1. The third-order valence-electron chi connectivity index (χ3n) is 6.68. The largest absolute Gasteiger partial charge is 0.493 e. The first-order valence-electron chi connectivity index (χ1n) is 13.9. The highest BCUT2D eigenvalue weighted by atomic mass is 16.5. The van der Waals surface area contributed by atoms with E-state index in [2.05, 4.69) is 52.8 Å². The number of hydrogen-bond acceptors (Lipinski definition) is 5. The number of imidazole rings is 1. The Hall–Kier alpha value is -2.87. The highest BCUT2D eigenvalue weighted by Gasteiger charge is 2.21. The molecule has 1 aromatic carbocycles. The van der Waals surface area contributed by atoms with Crippen molar-refractivity contribution in [3.63, 3.8) is 0 Å². The van der Waals surface area contributed by atoms with Crippen LogP contribution < -0.4 is 15.4 Å². The molecule has 1 aliphatic rings. The molecule has 37 heavy (non-hydrogen) atoms. The summed E-state index contributed by atoms with van der Waals surface area (Å²) in [5, 5.41) is 6.15. The lowest BCUT2D eigenvalue weighted by atomic mass is 10.0. The van der Waals surface area contributed by atoms with Crippen LogP contribution in [0.4, 0.5) is 0 Å². The Morgan fingerprint density at radius 2 is 1.97 bits per heavy atom. The second kappa shape index (κ2) is 14.8. The molecule has 2 N–H and O–H groups in total. The summed E-state index contributed by atoms with van der Waals surface area (Å²) >= 11 is 0. The Kier molecular flexibility index (Phi) is 11.5. The maximum absolute atomic E-state index is 13.3. The van der Waals surface area contributed by atoms with Crippen molar-refractivity contribution in [1.82, 2.24) is 25.1 Å². The van der Waals surface area contributed by atoms with E-state index in [-0.39, 0.29) is 11.8 Å². The fourth-order valence-electron chi connectivity index (χ4n) is 4.58. The van der Waals surface area contributed by atoms with E-state index in [1.807, 2.05) is 30.6 Å². The zero-order chi connectivity index (χ0) is 26.6. The number of amides is 2. The topological polar surface area (TPSA) is 88.5 Å². The monoisotopic (exact) mass is 511 g/mol. The molecule has 2 heterocycles. The molecule has 0 radical (unpaired) electrons. The standard InChI is InChI=1S/C29H45N5O3/c1-22(2)12-17-33-20-25-24(29(36)32-14-9-16-34-18-15-31-28(34)23(3)4)10-8-11-26(25)37-19-7-5-6-13-30-27(35)21-33/h8,10-11,15,18,22-23H,5-7,9,12-14,16-17,19-21H2,1-4H3,(H,30,35)(H,32,36). The molecule has 0 spiro atoms. The summed E-state index contributed by atoms with van der Waals surface area (Å²) in [5.41, 5.74) is 1.47. The molecule has 0 atom stereocenters. The number of fused-ring (bicyclic) bond motifs is 1. The first-order chi connectivity index (χ1) is 17.8. The summed E-state index contributed by atoms with van der Waals surface area (Å²) in [6.07, 6.45) is 8.46. The molecule has 204 valence electrons. The normalized spacial score (nSPS) is 15.8. The minimum Gasteiger partial charge on any atom is -0.493 e. The first-order valence-corrected chi connectivity index (χ1v) is 13.9. The van der Waals surface area contributed by atoms with Gasteiger partial charge < -0.3 is 19.9 Å². The molecule has 3 rings (SSSR count). The van der Waals surface area contributed by atoms with Crippen LogP contribution in [0.3, 0.4) is 0 Å². The SMILES string of the molecule is CC(C)CCN1CC(=O)NCCCCCOc2cccc(C(=O)NCCCn3ccnc3C(C)C)c2C1. The number of ether oxygens (including phenoxy) is 1. The molecule has 0 saturated carbocycles. The van der Waals surface area contributed by atoms with Crippen LogP contribution in [0.15, 0.2) is 30.6 Å². The Morgan fingerprint density at radius 3 is 2.76 bits per heavy atom. The fourth-order valence-corrected chi connectivity index (χ4v) is 4.58. The molecular formula is C29H45N5O3. The van der Waals surface area contributed by atoms with Gasteiger partial charge in [0, 0.05) is 55.6 Å². The molecule has 0 aliphatic carbocycles. The van der Waals surface area contributed by atoms with Crippen LogP contribution in [0.5, 0.6) is 5.75 Å². The Labute approximate surface area is 222 Å². The van der Waals surface area contributed by atoms with Gasteiger partial charge in [-0.2, -0.15) is 0 Å². The van der Waals surface area contributed by atoms with Crippen LogP contribution in [0.25, 0.3) is 0 Å². The minimum absolute atomic E-state index is 0.0349. The molecular weight excluding hydrogens is 466 g/mol. The number of nitrogens with zero attached hydrogens (tertiary/aromatic N) is 3. The van der Waals surface area contributed by atoms with Gasteiger partial charge in [-0.05, 0) is 56.7 Å². The summed E-state index contributed by atoms with van der Waals surface area (Å²) in [6.45, 7) is 12.9. The Bertz CT molecular complexity index is 1000. The number of carbonyl (C=O) groups is 2. The quantitative estimate of drug-likeness (QED) is 0.489. The van der Waals surface area contributed by atoms with E-state index >= 15 is 0 Å². The minimum atomic E-state index is -0.104. The van der Waals surface area contributed by atoms with E-state index in [4.69, 9.17) is 4.74 Å². The van der Waals surface area contributed by atoms with Crippen LogP contribution in [-0.4, -0.2) is 59.1 Å². The zero-order valence-corrected chi connectivity index (χ0v) is 23.1. The second-order valence-corrected chi connectivity index (χ2v) is 10.7. The second-order valence-electron chi connectivity index (χ2n) is 10.7. The lowest BCUT2D eigenvalue weighted by Gasteiger charge is -2.25. The van der Waals surface area contributed by atoms with Crippen molar-refractivity contribution in [3.8, 4) is 5.75 Å². The molecule has 1 aliphatic heterocycles. The van der Waals surface area contributed by atoms with Crippen LogP contribution in [0, 0.1) is 5.92 Å². The van der Waals surface area contributed by atoms with Gasteiger partial charge in [-0.3, -0.25) is 14.5 Å². The van der Waals surface area contributed by atoms with Crippen molar-refractivity contribution in [3.05, 3.63) is 47.5 Å². The predicted octanol–water partition coefficient (Wildman–Crippen LogP) is 4.35. The predicted molar refractivity (Wildman–Crippen MR) is 147 cm³/mol. The molecule has 2 amide bonds. The molecule has 2 aromatic rings. The number of nitrogens with one attached hydrogen (secondary N) is 2. The molecule has 0 unspecified atom stereocenters. The third-order valence-corrected chi connectivity index (χ3v) is 6.68. The van der Waals surface area contributed by atoms with E-state index in [1.54, 1.807) is 0 Å². The van der Waals surface area contributed by atoms with Crippen LogP contribution in [-0.2, 0) is 17.9 Å². The van der Waals surface area contributed by atoms with Crippen LogP contribution in [0.2, 0.25) is 0 Å². The molecule has 0 saturated heterocycles. The lowest BCUT2D eigenvalue weighted by Crippen LogP contribution is -2.38. The van der Waals surface area contributed by atoms with Gasteiger partial charge in [0.25, 0.3) is 5.91 Å². The number of carbonyl (C=O) groups excluding carboxylic acids is 2. The highest BCUT2D eigenvalue weighted by Crippen LogP contribution is 2.26. The molecule has 8 heteroatoms. The van der Waals surface area contributed by atoms with Crippen LogP contribution in [0.1, 0.15) is 87.5 Å². The van der Waals surface area contributed by atoms with Gasteiger partial charge in [0.1, 0.15) is 11.6 Å². The lowest BCUT2D eigenvalue weighted by molar-refractivity contribution is -0.122. The van der Waals surface area contributed by atoms with Gasteiger partial charge >= 0.3 is 0 Å². The highest BCUT2D eigenvalue weighted by molar-refractivity contribution is 5.96. The van der Waals surface area contributed by atoms with Crippen molar-refractivity contribution in [2.45, 2.75) is 78.8 Å². The van der Waals surface area contributed by atoms with Crippen molar-refractivity contribution >= 4 is 11.8 Å². The maximum Gasteiger partial charge on any atom is 0.251 e. The summed E-state index contributed by atoms with van der Waals surface area (Å²) in [7, 11) is 0. The Balaban J connectivity index is 1.74. The fraction of sp³-hybridized carbons (Fsp3) is 0.621. The van der Waals surface area contributed by atoms with Gasteiger partial charge in [0.2, 0.25) is 5.91 Å². The van der Waals surface area contributed by atoms with Gasteiger partial charge in [-0.25, -0.2) is 4.98 Å². The van der Waals surface area contributed by atoms with Crippen LogP contribution >= 0.6 is 0 Å². The molecule has 0 bridgehead atoms. The first kappa shape index (κ1) is 28.7. The van der Waals surface area contributed by atoms with Crippen molar-refractivity contribution in [2.24, 2.45) is 5.92 Å². The number of aromatic nitrogens is 2. The average molecular weight is 512 g/mol. The molecule has 0 fully saturated rings. The summed E-state index contributed by atoms with van der Waals surface area (Å²) in [4.78, 5) is 32.6. The Morgan fingerprint density at radius 1 is 1.14 bits per heavy atom. The van der Waals surface area contributed by atoms with E-state index < -0.39 is 0 Å². The van der Waals surface area contributed by atoms with Crippen molar-refractivity contribution < 1.29 is 14.3 Å². The van der Waals surface area contributed by atoms with Gasteiger partial charge in [0.15, 0.2) is 0 Å². The number of benzene rings is 1. The number of hydrogen-bond donors (Lipinski definition) is 2. The summed E-state index contributed by atoms with van der Waals surface area (Å²) in [5.74, 6) is 2.61. The third kappa shape index (κ3) is 9.18. The zero-order valence-electron chi connectivity index (χ0n) is 23.1. The number of rotatable bonds is 9. The smallest absolute Gasteiger partial charge is 0.251 e. The summed E-state index contributed by atoms with van der Waals surface area (Å²) in [6, 6.07) is 5.69. The van der Waals surface area contributed by atoms with Gasteiger partial charge in [-0.15, -0.1) is 0 Å². The van der Waals surface area contributed by atoms with Gasteiger partial charge in [-0.1, -0.05) is 33.8 Å². The van der Waals surface area contributed by atoms with Gasteiger partial charge in [0.05, 0.1) is 13.2 Å². The van der Waals surface area contributed by atoms with Crippen molar-refractivity contribution in [2.75, 3.05) is 32.8 Å². The van der Waals surface area contributed by atoms with E-state index in [9.17, 15) is 9.59 Å².